The number of nitrogens with one attached hydrogen (secondary N) is 1. The minimum Gasteiger partial charge on any atom is -0.326 e. The zero-order chi connectivity index (χ0) is 19.3. The Hall–Kier alpha value is -1.69. The number of likely N-dealkylation sites (tertiary alicyclic amines) is 2. The molecule has 1 aromatic rings. The van der Waals surface area contributed by atoms with E-state index in [9.17, 15) is 9.59 Å². The lowest BCUT2D eigenvalue weighted by Gasteiger charge is -2.34. The number of anilines is 1. The maximum absolute atomic E-state index is 12.8. The van der Waals surface area contributed by atoms with E-state index in [1.807, 2.05) is 33.7 Å². The third-order valence-corrected chi connectivity index (χ3v) is 7.52. The van der Waals surface area contributed by atoms with Gasteiger partial charge in [-0.2, -0.15) is 0 Å². The second-order valence-corrected chi connectivity index (χ2v) is 9.67. The summed E-state index contributed by atoms with van der Waals surface area (Å²) in [5.41, 5.74) is 0.851. The third-order valence-electron chi connectivity index (χ3n) is 6.17. The Kier molecular flexibility index (Phi) is 6.45. The number of carbonyl (C=O) groups is 2. The first kappa shape index (κ1) is 19.6. The molecular weight excluding hydrogens is 370 g/mol. The fourth-order valence-corrected chi connectivity index (χ4v) is 5.78. The molecule has 2 aliphatic heterocycles. The van der Waals surface area contributed by atoms with Gasteiger partial charge in [0.2, 0.25) is 5.91 Å². The summed E-state index contributed by atoms with van der Waals surface area (Å²) in [5.74, 6) is -0.0806. The number of nitrogens with zero attached hydrogens (tertiary/aromatic N) is 2. The zero-order valence-corrected chi connectivity index (χ0v) is 17.4. The number of piperidine rings is 1. The molecule has 6 heteroatoms. The van der Waals surface area contributed by atoms with Gasteiger partial charge in [-0.15, -0.1) is 11.8 Å². The average Bonchev–Trinajstić information content (AvgIpc) is 3.43. The molecule has 4 rings (SSSR count). The highest BCUT2D eigenvalue weighted by Crippen LogP contribution is 2.35. The lowest BCUT2D eigenvalue weighted by molar-refractivity contribution is -0.121. The van der Waals surface area contributed by atoms with Crippen molar-refractivity contribution in [3.05, 3.63) is 24.3 Å². The molecule has 0 spiro atoms. The Morgan fingerprint density at radius 2 is 1.54 bits per heavy atom. The van der Waals surface area contributed by atoms with Crippen molar-refractivity contribution in [2.75, 3.05) is 31.5 Å². The SMILES string of the molecule is O=C(Nc1ccc(SC2CCCC2)cc1)[C@@H]1CCCN(C(=O)N2CCCC2)C1. The third kappa shape index (κ3) is 4.83. The summed E-state index contributed by atoms with van der Waals surface area (Å²) in [4.78, 5) is 30.5. The molecule has 3 amide bonds. The minimum absolute atomic E-state index is 0.0371. The first-order valence-electron chi connectivity index (χ1n) is 10.8. The smallest absolute Gasteiger partial charge is 0.320 e. The summed E-state index contributed by atoms with van der Waals surface area (Å²) in [6.45, 7) is 3.03. The van der Waals surface area contributed by atoms with Crippen molar-refractivity contribution in [1.82, 2.24) is 9.80 Å². The minimum atomic E-state index is -0.118. The summed E-state index contributed by atoms with van der Waals surface area (Å²) in [5, 5.41) is 3.81. The van der Waals surface area contributed by atoms with E-state index in [4.69, 9.17) is 0 Å². The maximum atomic E-state index is 12.8. The van der Waals surface area contributed by atoms with Crippen molar-refractivity contribution in [2.45, 2.75) is 61.5 Å². The second-order valence-electron chi connectivity index (χ2n) is 8.30. The molecule has 2 saturated heterocycles. The number of rotatable bonds is 4. The normalized spacial score (nSPS) is 23.2. The molecule has 5 nitrogen and oxygen atoms in total. The van der Waals surface area contributed by atoms with Crippen LogP contribution < -0.4 is 5.32 Å². The van der Waals surface area contributed by atoms with E-state index in [1.165, 1.54) is 30.6 Å². The molecule has 3 fully saturated rings. The van der Waals surface area contributed by atoms with E-state index in [0.717, 1.165) is 56.3 Å². The van der Waals surface area contributed by atoms with Crippen LogP contribution in [0.1, 0.15) is 51.4 Å². The van der Waals surface area contributed by atoms with Gasteiger partial charge in [-0.1, -0.05) is 12.8 Å². The van der Waals surface area contributed by atoms with Gasteiger partial charge in [-0.05, 0) is 62.8 Å². The number of hydrogen-bond donors (Lipinski definition) is 1. The van der Waals surface area contributed by atoms with Crippen LogP contribution in [0.5, 0.6) is 0 Å². The van der Waals surface area contributed by atoms with Crippen LogP contribution in [0.3, 0.4) is 0 Å². The van der Waals surface area contributed by atoms with Crippen LogP contribution in [0.25, 0.3) is 0 Å². The number of carbonyl (C=O) groups excluding carboxylic acids is 2. The number of amides is 3. The van der Waals surface area contributed by atoms with Crippen molar-refractivity contribution in [3.63, 3.8) is 0 Å². The van der Waals surface area contributed by atoms with Gasteiger partial charge in [0.1, 0.15) is 0 Å². The summed E-state index contributed by atoms with van der Waals surface area (Å²) < 4.78 is 0. The van der Waals surface area contributed by atoms with Gasteiger partial charge in [-0.3, -0.25) is 4.79 Å². The molecule has 152 valence electrons. The summed E-state index contributed by atoms with van der Waals surface area (Å²) in [6.07, 6.45) is 9.28. The summed E-state index contributed by atoms with van der Waals surface area (Å²) >= 11 is 1.96. The van der Waals surface area contributed by atoms with Crippen LogP contribution in [-0.4, -0.2) is 53.2 Å². The number of hydrogen-bond acceptors (Lipinski definition) is 3. The number of urea groups is 1. The van der Waals surface area contributed by atoms with Crippen LogP contribution in [0.2, 0.25) is 0 Å². The predicted octanol–water partition coefficient (Wildman–Crippen LogP) is 4.59. The molecule has 0 aromatic heterocycles. The highest BCUT2D eigenvalue weighted by molar-refractivity contribution is 8.00. The van der Waals surface area contributed by atoms with Gasteiger partial charge in [0.05, 0.1) is 5.92 Å². The molecule has 0 bridgehead atoms. The van der Waals surface area contributed by atoms with Gasteiger partial charge in [-0.25, -0.2) is 4.79 Å². The van der Waals surface area contributed by atoms with Crippen LogP contribution in [0.15, 0.2) is 29.2 Å². The van der Waals surface area contributed by atoms with Gasteiger partial charge >= 0.3 is 6.03 Å². The lowest BCUT2D eigenvalue weighted by Crippen LogP contribution is -2.48. The Balaban J connectivity index is 1.29. The standard InChI is InChI=1S/C22H31N3O2S/c26-21(17-6-5-15-25(16-17)22(27)24-13-3-4-14-24)23-18-9-11-20(12-10-18)28-19-7-1-2-8-19/h9-12,17,19H,1-8,13-16H2,(H,23,26)/t17-/m1/s1. The Labute approximate surface area is 172 Å². The molecule has 1 N–H and O–H groups in total. The molecule has 28 heavy (non-hydrogen) atoms. The zero-order valence-electron chi connectivity index (χ0n) is 16.6. The fraction of sp³-hybridized carbons (Fsp3) is 0.636. The van der Waals surface area contributed by atoms with Gasteiger partial charge in [0.25, 0.3) is 0 Å². The van der Waals surface area contributed by atoms with Gasteiger partial charge in [0, 0.05) is 42.0 Å². The van der Waals surface area contributed by atoms with E-state index in [-0.39, 0.29) is 17.9 Å². The quantitative estimate of drug-likeness (QED) is 0.803. The lowest BCUT2D eigenvalue weighted by atomic mass is 9.97. The first-order chi connectivity index (χ1) is 13.7. The second kappa shape index (κ2) is 9.21. The Morgan fingerprint density at radius 1 is 0.857 bits per heavy atom. The Bertz CT molecular complexity index is 682. The molecule has 1 saturated carbocycles. The summed E-state index contributed by atoms with van der Waals surface area (Å²) in [6, 6.07) is 8.35. The van der Waals surface area contributed by atoms with E-state index in [1.54, 1.807) is 0 Å². The van der Waals surface area contributed by atoms with Crippen molar-refractivity contribution < 1.29 is 9.59 Å². The highest BCUT2D eigenvalue weighted by atomic mass is 32.2. The number of benzene rings is 1. The van der Waals surface area contributed by atoms with Crippen molar-refractivity contribution in [3.8, 4) is 0 Å². The molecule has 2 heterocycles. The fourth-order valence-electron chi connectivity index (χ4n) is 4.53. The number of thioether (sulfide) groups is 1. The topological polar surface area (TPSA) is 52.7 Å². The van der Waals surface area contributed by atoms with Gasteiger partial charge < -0.3 is 15.1 Å². The molecule has 0 unspecified atom stereocenters. The maximum Gasteiger partial charge on any atom is 0.320 e. The first-order valence-corrected chi connectivity index (χ1v) is 11.7. The van der Waals surface area contributed by atoms with Crippen molar-refractivity contribution in [2.24, 2.45) is 5.92 Å². The van der Waals surface area contributed by atoms with Crippen LogP contribution in [0.4, 0.5) is 10.5 Å². The molecule has 1 atom stereocenters. The van der Waals surface area contributed by atoms with E-state index >= 15 is 0 Å². The monoisotopic (exact) mass is 401 g/mol. The molecule has 0 radical (unpaired) electrons. The average molecular weight is 402 g/mol. The van der Waals surface area contributed by atoms with E-state index in [0.29, 0.717) is 6.54 Å². The van der Waals surface area contributed by atoms with Crippen molar-refractivity contribution >= 4 is 29.4 Å². The van der Waals surface area contributed by atoms with E-state index in [2.05, 4.69) is 17.4 Å². The molecule has 1 aromatic carbocycles. The van der Waals surface area contributed by atoms with Crippen LogP contribution in [0, 0.1) is 5.92 Å². The van der Waals surface area contributed by atoms with Crippen molar-refractivity contribution in [1.29, 1.82) is 0 Å². The summed E-state index contributed by atoms with van der Waals surface area (Å²) in [7, 11) is 0. The Morgan fingerprint density at radius 3 is 2.25 bits per heavy atom. The van der Waals surface area contributed by atoms with Crippen LogP contribution >= 0.6 is 11.8 Å². The van der Waals surface area contributed by atoms with Crippen LogP contribution in [-0.2, 0) is 4.79 Å². The molecular formula is C22H31N3O2S. The largest absolute Gasteiger partial charge is 0.326 e. The molecule has 3 aliphatic rings. The highest BCUT2D eigenvalue weighted by Gasteiger charge is 2.31. The van der Waals surface area contributed by atoms with Gasteiger partial charge in [0.15, 0.2) is 0 Å². The molecule has 1 aliphatic carbocycles. The predicted molar refractivity (Wildman–Crippen MR) is 114 cm³/mol. The van der Waals surface area contributed by atoms with E-state index < -0.39 is 0 Å².